The summed E-state index contributed by atoms with van der Waals surface area (Å²) < 4.78 is 5.97. The molecule has 1 aliphatic heterocycles. The van der Waals surface area contributed by atoms with Gasteiger partial charge < -0.3 is 21.3 Å². The number of ether oxygens (including phenoxy) is 1. The molecule has 2 aromatic rings. The maximum absolute atomic E-state index is 12.1. The largest absolute Gasteiger partial charge is 0.507 e. The summed E-state index contributed by atoms with van der Waals surface area (Å²) in [6, 6.07) is 12.0. The second-order valence-corrected chi connectivity index (χ2v) is 6.33. The Bertz CT molecular complexity index is 910. The third-order valence-corrected chi connectivity index (χ3v) is 3.81. The Morgan fingerprint density at radius 1 is 1.12 bits per heavy atom. The van der Waals surface area contributed by atoms with Crippen LogP contribution in [0, 0.1) is 0 Å². The topological polar surface area (TPSA) is 111 Å². The molecule has 0 fully saturated rings. The molecule has 1 heterocycles. The molecule has 0 spiro atoms. The van der Waals surface area contributed by atoms with Crippen LogP contribution in [0.3, 0.4) is 0 Å². The van der Waals surface area contributed by atoms with Gasteiger partial charge in [-0.3, -0.25) is 4.79 Å². The molecule has 6 nitrogen and oxygen atoms in total. The van der Waals surface area contributed by atoms with Gasteiger partial charge in [0.1, 0.15) is 17.1 Å². The standard InChI is InChI=1S/C19H19N3O3/c1-19(2)10-14(12-5-3-4-6-15(12)23)13-9-11(7-8-16(13)25-19)17(24)22-18(20)21/h3-10,23H,1-2H3,(H4,20,21,22,24). The highest BCUT2D eigenvalue weighted by atomic mass is 16.5. The van der Waals surface area contributed by atoms with Crippen LogP contribution in [0.15, 0.2) is 53.5 Å². The fourth-order valence-electron chi connectivity index (χ4n) is 2.81. The van der Waals surface area contributed by atoms with Gasteiger partial charge in [0, 0.05) is 16.7 Å². The zero-order valence-corrected chi connectivity index (χ0v) is 14.0. The Balaban J connectivity index is 2.17. The molecule has 6 heteroatoms. The number of hydrogen-bond donors (Lipinski definition) is 3. The summed E-state index contributed by atoms with van der Waals surface area (Å²) in [5.74, 6) is -0.0637. The predicted octanol–water partition coefficient (Wildman–Crippen LogP) is 2.41. The molecule has 0 aromatic heterocycles. The molecule has 25 heavy (non-hydrogen) atoms. The molecule has 0 saturated heterocycles. The summed E-state index contributed by atoms with van der Waals surface area (Å²) >= 11 is 0. The number of amides is 1. The molecule has 2 aromatic carbocycles. The second kappa shape index (κ2) is 5.98. The van der Waals surface area contributed by atoms with Crippen molar-refractivity contribution >= 4 is 17.4 Å². The van der Waals surface area contributed by atoms with Crippen LogP contribution in [-0.4, -0.2) is 22.6 Å². The zero-order valence-electron chi connectivity index (χ0n) is 14.0. The predicted molar refractivity (Wildman–Crippen MR) is 96.5 cm³/mol. The molecule has 0 bridgehead atoms. The van der Waals surface area contributed by atoms with E-state index in [9.17, 15) is 9.90 Å². The van der Waals surface area contributed by atoms with Gasteiger partial charge in [-0.05, 0) is 49.8 Å². The third-order valence-electron chi connectivity index (χ3n) is 3.81. The fraction of sp³-hybridized carbons (Fsp3) is 0.158. The highest BCUT2D eigenvalue weighted by Crippen LogP contribution is 2.42. The van der Waals surface area contributed by atoms with Crippen LogP contribution in [0.25, 0.3) is 5.57 Å². The van der Waals surface area contributed by atoms with Gasteiger partial charge in [-0.1, -0.05) is 18.2 Å². The summed E-state index contributed by atoms with van der Waals surface area (Å²) in [7, 11) is 0. The first-order valence-electron chi connectivity index (χ1n) is 7.75. The number of carbonyl (C=O) groups excluding carboxylic acids is 1. The van der Waals surface area contributed by atoms with Gasteiger partial charge in [0.15, 0.2) is 5.96 Å². The summed E-state index contributed by atoms with van der Waals surface area (Å²) in [6.45, 7) is 3.85. The minimum Gasteiger partial charge on any atom is -0.507 e. The molecule has 1 amide bonds. The Morgan fingerprint density at radius 3 is 2.52 bits per heavy atom. The smallest absolute Gasteiger partial charge is 0.280 e. The number of carbonyl (C=O) groups is 1. The van der Waals surface area contributed by atoms with E-state index in [1.165, 1.54) is 0 Å². The zero-order chi connectivity index (χ0) is 18.2. The number of aromatic hydroxyl groups is 1. The lowest BCUT2D eigenvalue weighted by molar-refractivity contribution is 0.100. The van der Waals surface area contributed by atoms with E-state index in [4.69, 9.17) is 16.2 Å². The van der Waals surface area contributed by atoms with E-state index in [0.29, 0.717) is 22.4 Å². The molecule has 0 unspecified atom stereocenters. The number of aliphatic imine (C=N–C) groups is 1. The molecule has 0 aliphatic carbocycles. The Kier molecular flexibility index (Phi) is 3.96. The van der Waals surface area contributed by atoms with E-state index in [-0.39, 0.29) is 11.7 Å². The first-order chi connectivity index (χ1) is 11.8. The molecule has 128 valence electrons. The number of nitrogens with zero attached hydrogens (tertiary/aromatic N) is 1. The molecule has 0 atom stereocenters. The van der Waals surface area contributed by atoms with Gasteiger partial charge in [-0.2, -0.15) is 4.99 Å². The van der Waals surface area contributed by atoms with Gasteiger partial charge in [0.2, 0.25) is 0 Å². The molecular formula is C19H19N3O3. The second-order valence-electron chi connectivity index (χ2n) is 6.33. The number of guanidine groups is 1. The highest BCUT2D eigenvalue weighted by molar-refractivity contribution is 6.03. The van der Waals surface area contributed by atoms with E-state index in [1.54, 1.807) is 30.3 Å². The van der Waals surface area contributed by atoms with Crippen molar-refractivity contribution in [3.05, 3.63) is 65.2 Å². The summed E-state index contributed by atoms with van der Waals surface area (Å²) in [6.07, 6.45) is 1.92. The van der Waals surface area contributed by atoms with Crippen molar-refractivity contribution in [2.24, 2.45) is 16.5 Å². The number of nitrogens with two attached hydrogens (primary N) is 2. The number of para-hydroxylation sites is 1. The van der Waals surface area contributed by atoms with Crippen LogP contribution in [-0.2, 0) is 0 Å². The normalized spacial score (nSPS) is 14.7. The van der Waals surface area contributed by atoms with Crippen LogP contribution in [0.4, 0.5) is 0 Å². The summed E-state index contributed by atoms with van der Waals surface area (Å²) in [5, 5.41) is 10.3. The van der Waals surface area contributed by atoms with E-state index in [2.05, 4.69) is 4.99 Å². The van der Waals surface area contributed by atoms with Gasteiger partial charge in [0.25, 0.3) is 5.91 Å². The molecule has 0 radical (unpaired) electrons. The van der Waals surface area contributed by atoms with Crippen molar-refractivity contribution in [2.45, 2.75) is 19.4 Å². The summed E-state index contributed by atoms with van der Waals surface area (Å²) in [5.41, 5.74) is 12.5. The molecule has 1 aliphatic rings. The van der Waals surface area contributed by atoms with Crippen LogP contribution < -0.4 is 16.2 Å². The Hall–Kier alpha value is -3.28. The Labute approximate surface area is 145 Å². The van der Waals surface area contributed by atoms with Crippen LogP contribution in [0.2, 0.25) is 0 Å². The number of phenols is 1. The summed E-state index contributed by atoms with van der Waals surface area (Å²) in [4.78, 5) is 15.7. The fourth-order valence-corrected chi connectivity index (χ4v) is 2.81. The molecule has 0 saturated carbocycles. The van der Waals surface area contributed by atoms with Gasteiger partial charge in [-0.15, -0.1) is 0 Å². The first-order valence-corrected chi connectivity index (χ1v) is 7.75. The van der Waals surface area contributed by atoms with Crippen molar-refractivity contribution in [1.82, 2.24) is 0 Å². The van der Waals surface area contributed by atoms with Crippen LogP contribution >= 0.6 is 0 Å². The lowest BCUT2D eigenvalue weighted by Gasteiger charge is -2.31. The minimum absolute atomic E-state index is 0.151. The maximum Gasteiger partial charge on any atom is 0.280 e. The van der Waals surface area contributed by atoms with Crippen LogP contribution in [0.5, 0.6) is 11.5 Å². The van der Waals surface area contributed by atoms with Crippen molar-refractivity contribution in [3.63, 3.8) is 0 Å². The van der Waals surface area contributed by atoms with Gasteiger partial charge in [0.05, 0.1) is 0 Å². The van der Waals surface area contributed by atoms with Crippen molar-refractivity contribution in [3.8, 4) is 11.5 Å². The van der Waals surface area contributed by atoms with E-state index in [1.807, 2.05) is 32.1 Å². The number of fused-ring (bicyclic) bond motifs is 1. The minimum atomic E-state index is -0.560. The third kappa shape index (κ3) is 3.33. The maximum atomic E-state index is 12.1. The number of rotatable bonds is 2. The number of phenolic OH excluding ortho intramolecular Hbond substituents is 1. The van der Waals surface area contributed by atoms with Crippen LogP contribution in [0.1, 0.15) is 35.3 Å². The van der Waals surface area contributed by atoms with Crippen molar-refractivity contribution in [1.29, 1.82) is 0 Å². The average Bonchev–Trinajstić information content (AvgIpc) is 2.52. The number of hydrogen-bond acceptors (Lipinski definition) is 3. The SMILES string of the molecule is CC1(C)C=C(c2ccccc2O)c2cc(C(=O)N=C(N)N)ccc2O1. The van der Waals surface area contributed by atoms with Crippen molar-refractivity contribution < 1.29 is 14.6 Å². The van der Waals surface area contributed by atoms with Gasteiger partial charge >= 0.3 is 0 Å². The lowest BCUT2D eigenvalue weighted by atomic mass is 9.88. The van der Waals surface area contributed by atoms with Crippen molar-refractivity contribution in [2.75, 3.05) is 0 Å². The lowest BCUT2D eigenvalue weighted by Crippen LogP contribution is -2.29. The molecule has 3 rings (SSSR count). The number of benzene rings is 2. The van der Waals surface area contributed by atoms with Gasteiger partial charge in [-0.25, -0.2) is 0 Å². The molecular weight excluding hydrogens is 318 g/mol. The first kappa shape index (κ1) is 16.6. The van der Waals surface area contributed by atoms with E-state index < -0.39 is 11.5 Å². The highest BCUT2D eigenvalue weighted by Gasteiger charge is 2.28. The quantitative estimate of drug-likeness (QED) is 0.575. The van der Waals surface area contributed by atoms with E-state index in [0.717, 1.165) is 5.57 Å². The van der Waals surface area contributed by atoms with E-state index >= 15 is 0 Å². The Morgan fingerprint density at radius 2 is 1.84 bits per heavy atom. The average molecular weight is 337 g/mol. The molecule has 5 N–H and O–H groups in total. The monoisotopic (exact) mass is 337 g/mol.